The maximum atomic E-state index is 12.2. The van der Waals surface area contributed by atoms with E-state index in [9.17, 15) is 19.7 Å². The lowest BCUT2D eigenvalue weighted by molar-refractivity contribution is -0.389. The van der Waals surface area contributed by atoms with E-state index in [0.717, 1.165) is 6.20 Å². The third-order valence-electron chi connectivity index (χ3n) is 3.28. The lowest BCUT2D eigenvalue weighted by Crippen LogP contribution is -2.23. The van der Waals surface area contributed by atoms with Crippen molar-refractivity contribution in [3.05, 3.63) is 34.2 Å². The molecule has 12 nitrogen and oxygen atoms in total. The van der Waals surface area contributed by atoms with E-state index in [-0.39, 0.29) is 17.5 Å². The molecular formula is C13H18N8O4. The Morgan fingerprint density at radius 2 is 2.00 bits per heavy atom. The molecule has 0 bridgehead atoms. The highest BCUT2D eigenvalue weighted by Gasteiger charge is 2.24. The van der Waals surface area contributed by atoms with E-state index >= 15 is 0 Å². The van der Waals surface area contributed by atoms with Crippen molar-refractivity contribution in [2.75, 3.05) is 26.0 Å². The van der Waals surface area contributed by atoms with Crippen LogP contribution in [0.5, 0.6) is 0 Å². The van der Waals surface area contributed by atoms with Crippen LogP contribution in [0.3, 0.4) is 0 Å². The van der Waals surface area contributed by atoms with E-state index < -0.39 is 22.6 Å². The van der Waals surface area contributed by atoms with Crippen LogP contribution in [0.1, 0.15) is 21.2 Å². The summed E-state index contributed by atoms with van der Waals surface area (Å²) in [5.41, 5.74) is 5.30. The average molecular weight is 350 g/mol. The molecule has 0 aliphatic carbocycles. The number of rotatable bonds is 7. The standard InChI is InChI=1S/C13H18N8O4/c1-18(2)4-5-20-6-8(15-11(20)10(14)22)16-13(23)12-17-9(21(24)25)7-19(12)3/h6-7H,4-5H2,1-3H3,(H2,14,22)(H,16,23). The van der Waals surface area contributed by atoms with Crippen LogP contribution in [0.25, 0.3) is 0 Å². The van der Waals surface area contributed by atoms with Gasteiger partial charge >= 0.3 is 17.5 Å². The lowest BCUT2D eigenvalue weighted by Gasteiger charge is -2.10. The zero-order valence-corrected chi connectivity index (χ0v) is 14.0. The zero-order chi connectivity index (χ0) is 18.7. The highest BCUT2D eigenvalue weighted by Crippen LogP contribution is 2.13. The molecule has 12 heteroatoms. The van der Waals surface area contributed by atoms with Crippen LogP contribution in [-0.2, 0) is 13.6 Å². The van der Waals surface area contributed by atoms with Gasteiger partial charge in [-0.1, -0.05) is 0 Å². The van der Waals surface area contributed by atoms with Gasteiger partial charge in [0.15, 0.2) is 5.82 Å². The monoisotopic (exact) mass is 350 g/mol. The van der Waals surface area contributed by atoms with Crippen LogP contribution in [0.4, 0.5) is 11.6 Å². The number of nitrogens with two attached hydrogens (primary N) is 1. The second-order valence-corrected chi connectivity index (χ2v) is 5.56. The fourth-order valence-corrected chi connectivity index (χ4v) is 2.07. The number of imidazole rings is 2. The number of carbonyl (C=O) groups excluding carboxylic acids is 2. The normalized spacial score (nSPS) is 10.9. The molecule has 0 atom stereocenters. The molecule has 25 heavy (non-hydrogen) atoms. The third kappa shape index (κ3) is 4.17. The molecule has 0 saturated heterocycles. The van der Waals surface area contributed by atoms with Gasteiger partial charge in [0.05, 0.1) is 0 Å². The Morgan fingerprint density at radius 1 is 1.32 bits per heavy atom. The second-order valence-electron chi connectivity index (χ2n) is 5.56. The van der Waals surface area contributed by atoms with Crippen LogP contribution in [0, 0.1) is 10.1 Å². The number of anilines is 1. The predicted octanol–water partition coefficient (Wildman–Crippen LogP) is -0.562. The largest absolute Gasteiger partial charge is 0.382 e. The number of hydrogen-bond acceptors (Lipinski definition) is 7. The van der Waals surface area contributed by atoms with Crippen LogP contribution in [0.15, 0.2) is 12.4 Å². The smallest absolute Gasteiger partial charge is 0.363 e. The van der Waals surface area contributed by atoms with Gasteiger partial charge < -0.3 is 35.2 Å². The Kier molecular flexibility index (Phi) is 5.12. The molecule has 0 aromatic carbocycles. The van der Waals surface area contributed by atoms with Crippen LogP contribution < -0.4 is 11.1 Å². The third-order valence-corrected chi connectivity index (χ3v) is 3.28. The molecule has 2 amide bonds. The van der Waals surface area contributed by atoms with Crippen molar-refractivity contribution in [2.24, 2.45) is 12.8 Å². The maximum absolute atomic E-state index is 12.2. The summed E-state index contributed by atoms with van der Waals surface area (Å²) in [4.78, 5) is 43.3. The van der Waals surface area contributed by atoms with Gasteiger partial charge in [0.2, 0.25) is 5.82 Å². The predicted molar refractivity (Wildman–Crippen MR) is 87.1 cm³/mol. The molecule has 2 heterocycles. The molecule has 0 unspecified atom stereocenters. The molecule has 0 aliphatic rings. The summed E-state index contributed by atoms with van der Waals surface area (Å²) < 4.78 is 2.75. The van der Waals surface area contributed by atoms with Gasteiger partial charge in [-0.15, -0.1) is 0 Å². The number of carbonyl (C=O) groups is 2. The van der Waals surface area contributed by atoms with Gasteiger partial charge in [0, 0.05) is 26.3 Å². The topological polar surface area (TPSA) is 154 Å². The molecule has 0 saturated carbocycles. The molecule has 2 aromatic rings. The van der Waals surface area contributed by atoms with Crippen molar-refractivity contribution in [3.63, 3.8) is 0 Å². The molecule has 0 aliphatic heterocycles. The van der Waals surface area contributed by atoms with E-state index in [0.29, 0.717) is 13.1 Å². The number of nitro groups is 1. The van der Waals surface area contributed by atoms with E-state index in [2.05, 4.69) is 15.3 Å². The molecule has 134 valence electrons. The van der Waals surface area contributed by atoms with Crippen LogP contribution in [0.2, 0.25) is 0 Å². The Hall–Kier alpha value is -3.28. The first-order valence-electron chi connectivity index (χ1n) is 7.20. The summed E-state index contributed by atoms with van der Waals surface area (Å²) in [5, 5.41) is 13.2. The van der Waals surface area contributed by atoms with E-state index in [4.69, 9.17) is 5.73 Å². The van der Waals surface area contributed by atoms with Crippen molar-refractivity contribution in [3.8, 4) is 0 Å². The minimum Gasteiger partial charge on any atom is -0.363 e. The number of aromatic nitrogens is 4. The second kappa shape index (κ2) is 7.09. The molecule has 0 fully saturated rings. The highest BCUT2D eigenvalue weighted by molar-refractivity contribution is 6.01. The quantitative estimate of drug-likeness (QED) is 0.501. The molecule has 2 aromatic heterocycles. The van der Waals surface area contributed by atoms with Crippen molar-refractivity contribution >= 4 is 23.5 Å². The number of nitrogens with zero attached hydrogens (tertiary/aromatic N) is 6. The summed E-state index contributed by atoms with van der Waals surface area (Å²) in [7, 11) is 5.20. The SMILES string of the molecule is CN(C)CCn1cc(NC(=O)c2nc([N+](=O)[O-])cn2C)nc1C(N)=O. The number of primary amides is 1. The Balaban J connectivity index is 2.22. The van der Waals surface area contributed by atoms with Gasteiger partial charge in [-0.3, -0.25) is 9.59 Å². The number of nitrogens with one attached hydrogen (secondary N) is 1. The van der Waals surface area contributed by atoms with E-state index in [1.807, 2.05) is 19.0 Å². The lowest BCUT2D eigenvalue weighted by atomic mass is 10.5. The average Bonchev–Trinajstić information content (AvgIpc) is 3.08. The Morgan fingerprint density at radius 3 is 2.52 bits per heavy atom. The maximum Gasteiger partial charge on any atom is 0.382 e. The molecule has 0 spiro atoms. The Labute approximate surface area is 142 Å². The number of likely N-dealkylation sites (N-methyl/N-ethyl adjacent to an activating group) is 1. The fourth-order valence-electron chi connectivity index (χ4n) is 2.07. The van der Waals surface area contributed by atoms with Gasteiger partial charge in [-0.25, -0.2) is 4.98 Å². The van der Waals surface area contributed by atoms with Crippen LogP contribution in [-0.4, -0.2) is 61.4 Å². The highest BCUT2D eigenvalue weighted by atomic mass is 16.6. The first-order valence-corrected chi connectivity index (χ1v) is 7.20. The summed E-state index contributed by atoms with van der Waals surface area (Å²) >= 11 is 0. The van der Waals surface area contributed by atoms with Crippen molar-refractivity contribution in [1.29, 1.82) is 0 Å². The van der Waals surface area contributed by atoms with E-state index in [1.54, 1.807) is 0 Å². The summed E-state index contributed by atoms with van der Waals surface area (Å²) in [6, 6.07) is 0. The zero-order valence-electron chi connectivity index (χ0n) is 14.0. The first-order chi connectivity index (χ1) is 11.7. The van der Waals surface area contributed by atoms with Gasteiger partial charge in [-0.05, 0) is 24.0 Å². The van der Waals surface area contributed by atoms with Gasteiger partial charge in [0.25, 0.3) is 5.91 Å². The van der Waals surface area contributed by atoms with Crippen molar-refractivity contribution < 1.29 is 14.5 Å². The number of hydrogen-bond donors (Lipinski definition) is 2. The summed E-state index contributed by atoms with van der Waals surface area (Å²) in [6.07, 6.45) is 2.60. The minimum atomic E-state index is -0.730. The van der Waals surface area contributed by atoms with Crippen molar-refractivity contribution in [2.45, 2.75) is 6.54 Å². The molecule has 0 radical (unpaired) electrons. The molecule has 2 rings (SSSR count). The molecular weight excluding hydrogens is 332 g/mol. The number of amides is 2. The summed E-state index contributed by atoms with van der Waals surface area (Å²) in [6.45, 7) is 1.08. The first kappa shape index (κ1) is 18.1. The van der Waals surface area contributed by atoms with Crippen LogP contribution >= 0.6 is 0 Å². The minimum absolute atomic E-state index is 0.00275. The Bertz CT molecular complexity index is 822. The van der Waals surface area contributed by atoms with Crippen molar-refractivity contribution in [1.82, 2.24) is 24.0 Å². The number of aryl methyl sites for hydroxylation is 1. The van der Waals surface area contributed by atoms with Gasteiger partial charge in [-0.2, -0.15) is 0 Å². The summed E-state index contributed by atoms with van der Waals surface area (Å²) in [5.74, 6) is -1.92. The fraction of sp³-hybridized carbons (Fsp3) is 0.385. The van der Waals surface area contributed by atoms with E-state index in [1.165, 1.54) is 22.4 Å². The van der Waals surface area contributed by atoms with Gasteiger partial charge in [0.1, 0.15) is 6.20 Å². The molecule has 3 N–H and O–H groups in total.